The van der Waals surface area contributed by atoms with Gasteiger partial charge in [0, 0.05) is 30.2 Å². The quantitative estimate of drug-likeness (QED) is 0.718. The molecule has 1 saturated carbocycles. The Bertz CT molecular complexity index is 921. The molecule has 0 spiro atoms. The van der Waals surface area contributed by atoms with Gasteiger partial charge in [-0.2, -0.15) is 13.2 Å². The molecule has 1 aliphatic heterocycles. The minimum absolute atomic E-state index is 0.103. The first-order chi connectivity index (χ1) is 14.8. The number of rotatable bonds is 4. The highest BCUT2D eigenvalue weighted by atomic mass is 19.4. The Labute approximate surface area is 178 Å². The molecule has 1 aliphatic carbocycles. The van der Waals surface area contributed by atoms with Crippen LogP contribution in [-0.4, -0.2) is 42.5 Å². The van der Waals surface area contributed by atoms with E-state index in [4.69, 9.17) is 10.5 Å². The van der Waals surface area contributed by atoms with Crippen molar-refractivity contribution in [3.05, 3.63) is 30.5 Å². The van der Waals surface area contributed by atoms with E-state index in [1.165, 1.54) is 0 Å². The first-order valence-corrected chi connectivity index (χ1v) is 10.7. The molecule has 6 nitrogen and oxygen atoms in total. The van der Waals surface area contributed by atoms with Crippen molar-refractivity contribution in [2.75, 3.05) is 23.3 Å². The van der Waals surface area contributed by atoms with Crippen LogP contribution in [0.3, 0.4) is 0 Å². The van der Waals surface area contributed by atoms with Gasteiger partial charge >= 0.3 is 12.3 Å². The third-order valence-corrected chi connectivity index (χ3v) is 6.32. The number of anilines is 2. The molecule has 1 amide bonds. The van der Waals surface area contributed by atoms with E-state index in [0.717, 1.165) is 48.0 Å². The molecule has 9 heteroatoms. The Morgan fingerprint density at radius 3 is 2.45 bits per heavy atom. The summed E-state index contributed by atoms with van der Waals surface area (Å²) >= 11 is 0. The van der Waals surface area contributed by atoms with Crippen LogP contribution >= 0.6 is 0 Å². The van der Waals surface area contributed by atoms with Crippen molar-refractivity contribution in [2.24, 2.45) is 11.7 Å². The van der Waals surface area contributed by atoms with Gasteiger partial charge < -0.3 is 20.7 Å². The lowest BCUT2D eigenvalue weighted by molar-refractivity contribution is -0.179. The number of nitrogens with one attached hydrogen (secondary N) is 1. The second kappa shape index (κ2) is 8.80. The monoisotopic (exact) mass is 436 g/mol. The number of piperidine rings is 1. The van der Waals surface area contributed by atoms with Crippen molar-refractivity contribution in [3.8, 4) is 0 Å². The second-order valence-corrected chi connectivity index (χ2v) is 8.46. The van der Waals surface area contributed by atoms with Crippen molar-refractivity contribution < 1.29 is 22.7 Å². The van der Waals surface area contributed by atoms with Gasteiger partial charge in [0.05, 0.1) is 23.3 Å². The minimum atomic E-state index is -4.11. The summed E-state index contributed by atoms with van der Waals surface area (Å²) in [6, 6.07) is 8.25. The highest BCUT2D eigenvalue weighted by Gasteiger charge is 2.41. The number of hydrogen-bond donors (Lipinski definition) is 2. The number of benzene rings is 1. The fourth-order valence-electron chi connectivity index (χ4n) is 4.56. The van der Waals surface area contributed by atoms with Crippen molar-refractivity contribution in [1.82, 2.24) is 4.98 Å². The number of carbonyl (C=O) groups is 1. The summed E-state index contributed by atoms with van der Waals surface area (Å²) in [5, 5.41) is 4.47. The normalized spacial score (nSPS) is 23.0. The van der Waals surface area contributed by atoms with E-state index in [9.17, 15) is 18.0 Å². The molecule has 168 valence electrons. The van der Waals surface area contributed by atoms with Crippen LogP contribution in [0.25, 0.3) is 10.9 Å². The maximum atomic E-state index is 12.9. The van der Waals surface area contributed by atoms with Crippen LogP contribution in [0.15, 0.2) is 30.5 Å². The predicted octanol–water partition coefficient (Wildman–Crippen LogP) is 4.83. The highest BCUT2D eigenvalue weighted by molar-refractivity contribution is 5.85. The average molecular weight is 436 g/mol. The largest absolute Gasteiger partial charge is 0.446 e. The SMILES string of the molecule is NC(=O)OC1CCC(Nc2ccc3cc(N4CCC(C(F)(F)F)CC4)cnc3c2)CC1. The van der Waals surface area contributed by atoms with E-state index in [0.29, 0.717) is 19.1 Å². The molecule has 3 N–H and O–H groups in total. The standard InChI is InChI=1S/C22H27F3N4O2/c23-22(24,25)15-7-9-29(10-8-15)18-11-14-1-2-17(12-20(14)27-13-18)28-16-3-5-19(6-4-16)31-21(26)30/h1-2,11-13,15-16,19,28H,3-10H2,(H2,26,30). The van der Waals surface area contributed by atoms with Crippen LogP contribution < -0.4 is 16.0 Å². The number of aromatic nitrogens is 1. The number of primary amides is 1. The summed E-state index contributed by atoms with van der Waals surface area (Å²) in [6.45, 7) is 0.776. The van der Waals surface area contributed by atoms with Crippen molar-refractivity contribution in [3.63, 3.8) is 0 Å². The van der Waals surface area contributed by atoms with Crippen molar-refractivity contribution in [2.45, 2.75) is 56.8 Å². The zero-order chi connectivity index (χ0) is 22.0. The maximum absolute atomic E-state index is 12.9. The molecule has 0 radical (unpaired) electrons. The Hall–Kier alpha value is -2.71. The van der Waals surface area contributed by atoms with Gasteiger partial charge in [-0.3, -0.25) is 4.98 Å². The first-order valence-electron chi connectivity index (χ1n) is 10.7. The molecule has 2 aromatic rings. The van der Waals surface area contributed by atoms with Gasteiger partial charge in [0.15, 0.2) is 0 Å². The number of nitrogens with zero attached hydrogens (tertiary/aromatic N) is 2. The van der Waals surface area contributed by atoms with Gasteiger partial charge in [0.1, 0.15) is 6.10 Å². The van der Waals surface area contributed by atoms with E-state index in [2.05, 4.69) is 10.3 Å². The van der Waals surface area contributed by atoms with Crippen LogP contribution in [-0.2, 0) is 4.74 Å². The maximum Gasteiger partial charge on any atom is 0.404 e. The lowest BCUT2D eigenvalue weighted by Crippen LogP contribution is -2.39. The fraction of sp³-hybridized carbons (Fsp3) is 0.545. The number of fused-ring (bicyclic) bond motifs is 1. The molecule has 1 aromatic carbocycles. The zero-order valence-corrected chi connectivity index (χ0v) is 17.2. The number of pyridine rings is 1. The van der Waals surface area contributed by atoms with Gasteiger partial charge in [-0.25, -0.2) is 4.79 Å². The van der Waals surface area contributed by atoms with Crippen LogP contribution in [0.5, 0.6) is 0 Å². The molecule has 0 atom stereocenters. The molecular weight excluding hydrogens is 409 g/mol. The molecule has 1 saturated heterocycles. The van der Waals surface area contributed by atoms with E-state index < -0.39 is 18.2 Å². The predicted molar refractivity (Wildman–Crippen MR) is 113 cm³/mol. The van der Waals surface area contributed by atoms with E-state index in [-0.39, 0.29) is 18.9 Å². The van der Waals surface area contributed by atoms with Gasteiger partial charge in [-0.05, 0) is 56.7 Å². The fourth-order valence-corrected chi connectivity index (χ4v) is 4.56. The number of amides is 1. The van der Waals surface area contributed by atoms with E-state index in [1.807, 2.05) is 29.2 Å². The molecule has 31 heavy (non-hydrogen) atoms. The minimum Gasteiger partial charge on any atom is -0.446 e. The lowest BCUT2D eigenvalue weighted by atomic mass is 9.92. The summed E-state index contributed by atoms with van der Waals surface area (Å²) in [7, 11) is 0. The zero-order valence-electron chi connectivity index (χ0n) is 17.2. The van der Waals surface area contributed by atoms with Gasteiger partial charge in [0.2, 0.25) is 0 Å². The topological polar surface area (TPSA) is 80.5 Å². The summed E-state index contributed by atoms with van der Waals surface area (Å²) in [5.74, 6) is -1.21. The molecule has 0 bridgehead atoms. The summed E-state index contributed by atoms with van der Waals surface area (Å²) < 4.78 is 43.8. The van der Waals surface area contributed by atoms with Crippen LogP contribution in [0.4, 0.5) is 29.3 Å². The van der Waals surface area contributed by atoms with E-state index in [1.54, 1.807) is 6.20 Å². The number of alkyl halides is 3. The van der Waals surface area contributed by atoms with Gasteiger partial charge in [0.25, 0.3) is 0 Å². The molecular formula is C22H27F3N4O2. The lowest BCUT2D eigenvalue weighted by Gasteiger charge is -2.34. The molecule has 0 unspecified atom stereocenters. The third kappa shape index (κ3) is 5.32. The smallest absolute Gasteiger partial charge is 0.404 e. The van der Waals surface area contributed by atoms with Crippen molar-refractivity contribution in [1.29, 1.82) is 0 Å². The van der Waals surface area contributed by atoms with Gasteiger partial charge in [-0.1, -0.05) is 6.07 Å². The Morgan fingerprint density at radius 2 is 1.81 bits per heavy atom. The molecule has 2 fully saturated rings. The average Bonchev–Trinajstić information content (AvgIpc) is 2.74. The second-order valence-electron chi connectivity index (χ2n) is 8.46. The number of ether oxygens (including phenoxy) is 1. The van der Waals surface area contributed by atoms with E-state index >= 15 is 0 Å². The Balaban J connectivity index is 1.36. The summed E-state index contributed by atoms with van der Waals surface area (Å²) in [6.07, 6.45) is 0.384. The summed E-state index contributed by atoms with van der Waals surface area (Å²) in [4.78, 5) is 17.4. The highest BCUT2D eigenvalue weighted by Crippen LogP contribution is 2.36. The van der Waals surface area contributed by atoms with Crippen LogP contribution in [0, 0.1) is 5.92 Å². The first kappa shape index (κ1) is 21.5. The number of carbonyl (C=O) groups excluding carboxylic acids is 1. The molecule has 4 rings (SSSR count). The Kier molecular flexibility index (Phi) is 6.11. The Morgan fingerprint density at radius 1 is 1.10 bits per heavy atom. The molecule has 1 aromatic heterocycles. The number of hydrogen-bond acceptors (Lipinski definition) is 5. The van der Waals surface area contributed by atoms with Crippen LogP contribution in [0.2, 0.25) is 0 Å². The van der Waals surface area contributed by atoms with Gasteiger partial charge in [-0.15, -0.1) is 0 Å². The number of nitrogens with two attached hydrogens (primary N) is 1. The molecule has 2 heterocycles. The molecule has 2 aliphatic rings. The number of halogens is 3. The third-order valence-electron chi connectivity index (χ3n) is 6.32. The van der Waals surface area contributed by atoms with Crippen molar-refractivity contribution >= 4 is 28.4 Å². The summed E-state index contributed by atoms with van der Waals surface area (Å²) in [5.41, 5.74) is 7.75. The van der Waals surface area contributed by atoms with Crippen LogP contribution in [0.1, 0.15) is 38.5 Å².